The van der Waals surface area contributed by atoms with Crippen molar-refractivity contribution in [1.82, 2.24) is 5.01 Å². The van der Waals surface area contributed by atoms with E-state index in [9.17, 15) is 9.59 Å². The number of nitrogens with zero attached hydrogens (tertiary/aromatic N) is 2. The van der Waals surface area contributed by atoms with Gasteiger partial charge in [-0.05, 0) is 73.4 Å². The fourth-order valence-corrected chi connectivity index (χ4v) is 4.96. The summed E-state index contributed by atoms with van der Waals surface area (Å²) >= 11 is 11.9. The van der Waals surface area contributed by atoms with Gasteiger partial charge in [0, 0.05) is 16.0 Å². The van der Waals surface area contributed by atoms with Crippen molar-refractivity contribution in [2.24, 2.45) is 11.0 Å². The molecule has 1 fully saturated rings. The first kappa shape index (κ1) is 22.5. The molecule has 1 amide bonds. The van der Waals surface area contributed by atoms with Gasteiger partial charge in [0.2, 0.25) is 0 Å². The second kappa shape index (κ2) is 9.52. The lowest BCUT2D eigenvalue weighted by Crippen LogP contribution is -2.34. The van der Waals surface area contributed by atoms with E-state index >= 15 is 0 Å². The number of hydrazone groups is 1. The van der Waals surface area contributed by atoms with Crippen LogP contribution >= 0.6 is 23.2 Å². The number of hydrogen-bond donors (Lipinski definition) is 0. The van der Waals surface area contributed by atoms with Crippen molar-refractivity contribution >= 4 is 46.9 Å². The number of ether oxygens (including phenoxy) is 1. The van der Waals surface area contributed by atoms with Gasteiger partial charge in [0.05, 0.1) is 23.8 Å². The van der Waals surface area contributed by atoms with Crippen LogP contribution in [0.1, 0.15) is 47.2 Å². The van der Waals surface area contributed by atoms with Gasteiger partial charge < -0.3 is 13.6 Å². The molecule has 3 heterocycles. The average Bonchev–Trinajstić information content (AvgIpc) is 3.57. The van der Waals surface area contributed by atoms with E-state index in [0.29, 0.717) is 15.8 Å². The van der Waals surface area contributed by atoms with E-state index in [1.54, 1.807) is 18.6 Å². The van der Waals surface area contributed by atoms with Gasteiger partial charge in [0.15, 0.2) is 6.61 Å². The van der Waals surface area contributed by atoms with Gasteiger partial charge in [-0.3, -0.25) is 4.79 Å². The van der Waals surface area contributed by atoms with Crippen molar-refractivity contribution in [3.63, 3.8) is 0 Å². The zero-order valence-corrected chi connectivity index (χ0v) is 19.5. The third-order valence-electron chi connectivity index (χ3n) is 5.88. The molecule has 0 radical (unpaired) electrons. The second-order valence-corrected chi connectivity index (χ2v) is 8.97. The normalized spacial score (nSPS) is 20.8. The van der Waals surface area contributed by atoms with Crippen LogP contribution in [0.5, 0.6) is 0 Å². The first-order chi connectivity index (χ1) is 16.5. The summed E-state index contributed by atoms with van der Waals surface area (Å²) in [4.78, 5) is 25.7. The largest absolute Gasteiger partial charge is 0.467 e. The van der Waals surface area contributed by atoms with Crippen LogP contribution in [-0.2, 0) is 9.53 Å². The monoisotopic (exact) mass is 498 g/mol. The van der Waals surface area contributed by atoms with Crippen molar-refractivity contribution in [2.45, 2.75) is 25.3 Å². The predicted octanol–water partition coefficient (Wildman–Crippen LogP) is 6.16. The predicted molar refractivity (Wildman–Crippen MR) is 127 cm³/mol. The molecule has 2 atom stereocenters. The summed E-state index contributed by atoms with van der Waals surface area (Å²) in [5.41, 5.74) is 2.01. The molecular formula is C25H20Cl2N2O5. The van der Waals surface area contributed by atoms with E-state index in [0.717, 1.165) is 36.3 Å². The van der Waals surface area contributed by atoms with Gasteiger partial charge in [-0.1, -0.05) is 23.2 Å². The number of rotatable bonds is 5. The van der Waals surface area contributed by atoms with E-state index in [1.807, 2.05) is 24.3 Å². The molecule has 7 nitrogen and oxygen atoms in total. The summed E-state index contributed by atoms with van der Waals surface area (Å²) in [7, 11) is 0. The van der Waals surface area contributed by atoms with Crippen molar-refractivity contribution in [3.05, 3.63) is 87.7 Å². The molecule has 2 aliphatic rings. The molecule has 174 valence electrons. The highest BCUT2D eigenvalue weighted by Gasteiger charge is 2.45. The Hall–Kier alpha value is -3.29. The fourth-order valence-electron chi connectivity index (χ4n) is 4.44. The summed E-state index contributed by atoms with van der Waals surface area (Å²) in [6.45, 7) is -0.485. The highest BCUT2D eigenvalue weighted by atomic mass is 35.5. The minimum Gasteiger partial charge on any atom is -0.467 e. The van der Waals surface area contributed by atoms with Crippen molar-refractivity contribution < 1.29 is 23.2 Å². The summed E-state index contributed by atoms with van der Waals surface area (Å²) < 4.78 is 16.4. The SMILES string of the molecule is O=C(OCC(=O)N1N=C2C(=Cc3ccco3)CCCC2C1c1ccco1)c1cc(Cl)cc(Cl)c1. The lowest BCUT2D eigenvalue weighted by atomic mass is 9.79. The second-order valence-electron chi connectivity index (χ2n) is 8.10. The van der Waals surface area contributed by atoms with Crippen LogP contribution in [0.25, 0.3) is 6.08 Å². The number of halogens is 2. The molecule has 0 bridgehead atoms. The third-order valence-corrected chi connectivity index (χ3v) is 6.31. The number of carbonyl (C=O) groups excluding carboxylic acids is 2. The molecule has 1 aromatic carbocycles. The molecule has 1 aliphatic carbocycles. The lowest BCUT2D eigenvalue weighted by Gasteiger charge is -2.27. The Kier molecular flexibility index (Phi) is 6.30. The van der Waals surface area contributed by atoms with Crippen molar-refractivity contribution in [2.75, 3.05) is 6.61 Å². The number of fused-ring (bicyclic) bond motifs is 1. The van der Waals surface area contributed by atoms with E-state index < -0.39 is 24.5 Å². The molecule has 1 saturated carbocycles. The zero-order valence-electron chi connectivity index (χ0n) is 17.9. The highest BCUT2D eigenvalue weighted by Crippen LogP contribution is 2.44. The van der Waals surface area contributed by atoms with Gasteiger partial charge in [-0.15, -0.1) is 0 Å². The average molecular weight is 499 g/mol. The quantitative estimate of drug-likeness (QED) is 0.393. The van der Waals surface area contributed by atoms with Crippen LogP contribution in [0.4, 0.5) is 0 Å². The smallest absolute Gasteiger partial charge is 0.338 e. The molecule has 5 rings (SSSR count). The zero-order chi connectivity index (χ0) is 23.7. The first-order valence-electron chi connectivity index (χ1n) is 10.8. The maximum absolute atomic E-state index is 13.2. The topological polar surface area (TPSA) is 85.3 Å². The maximum atomic E-state index is 13.2. The van der Waals surface area contributed by atoms with Crippen LogP contribution in [-0.4, -0.2) is 29.2 Å². The van der Waals surface area contributed by atoms with Crippen LogP contribution < -0.4 is 0 Å². The van der Waals surface area contributed by atoms with Crippen molar-refractivity contribution in [1.29, 1.82) is 0 Å². The van der Waals surface area contributed by atoms with Gasteiger partial charge in [0.25, 0.3) is 5.91 Å². The summed E-state index contributed by atoms with van der Waals surface area (Å²) in [6.07, 6.45) is 7.77. The Morgan fingerprint density at radius 1 is 1.12 bits per heavy atom. The minimum absolute atomic E-state index is 0.0347. The van der Waals surface area contributed by atoms with E-state index in [-0.39, 0.29) is 11.5 Å². The molecule has 3 aromatic rings. The number of esters is 1. The molecule has 0 spiro atoms. The number of furan rings is 2. The van der Waals surface area contributed by atoms with Crippen LogP contribution in [0, 0.1) is 5.92 Å². The molecule has 2 aromatic heterocycles. The van der Waals surface area contributed by atoms with Crippen LogP contribution in [0.2, 0.25) is 10.0 Å². The number of benzene rings is 1. The molecular weight excluding hydrogens is 479 g/mol. The van der Waals surface area contributed by atoms with E-state index in [4.69, 9.17) is 36.8 Å². The van der Waals surface area contributed by atoms with Crippen molar-refractivity contribution in [3.8, 4) is 0 Å². The molecule has 9 heteroatoms. The maximum Gasteiger partial charge on any atom is 0.338 e. The summed E-state index contributed by atoms with van der Waals surface area (Å²) in [5.74, 6) is 0.167. The Balaban J connectivity index is 1.39. The Morgan fingerprint density at radius 3 is 2.59 bits per heavy atom. The van der Waals surface area contributed by atoms with Gasteiger partial charge in [-0.25, -0.2) is 9.80 Å². The van der Waals surface area contributed by atoms with Gasteiger partial charge >= 0.3 is 5.97 Å². The molecule has 2 unspecified atom stereocenters. The Morgan fingerprint density at radius 2 is 1.88 bits per heavy atom. The Labute approximate surface area is 205 Å². The van der Waals surface area contributed by atoms with Gasteiger partial charge in [0.1, 0.15) is 17.6 Å². The number of allylic oxidation sites excluding steroid dienone is 1. The molecule has 0 saturated heterocycles. The summed E-state index contributed by atoms with van der Waals surface area (Å²) in [6, 6.07) is 11.3. The standard InChI is InChI=1S/C25H20Cl2N2O5/c26-17-10-16(11-18(27)13-17)25(31)34-14-22(30)29-24(21-7-3-9-33-21)20-6-1-4-15(23(20)28-29)12-19-5-2-8-32-19/h2-3,5,7-13,20,24H,1,4,6,14H2. The Bertz CT molecular complexity index is 1240. The van der Waals surface area contributed by atoms with E-state index in [2.05, 4.69) is 5.10 Å². The van der Waals surface area contributed by atoms with E-state index in [1.165, 1.54) is 23.2 Å². The summed E-state index contributed by atoms with van der Waals surface area (Å²) in [5, 5.41) is 6.66. The van der Waals surface area contributed by atoms with Gasteiger partial charge in [-0.2, -0.15) is 5.10 Å². The third kappa shape index (κ3) is 4.54. The number of carbonyl (C=O) groups is 2. The fraction of sp³-hybridized carbons (Fsp3) is 0.240. The number of amides is 1. The molecule has 34 heavy (non-hydrogen) atoms. The lowest BCUT2D eigenvalue weighted by molar-refractivity contribution is -0.137. The number of hydrogen-bond acceptors (Lipinski definition) is 6. The minimum atomic E-state index is -0.699. The first-order valence-corrected chi connectivity index (χ1v) is 11.6. The molecule has 0 N–H and O–H groups in total. The highest BCUT2D eigenvalue weighted by molar-refractivity contribution is 6.35. The van der Waals surface area contributed by atoms with Crippen LogP contribution in [0.3, 0.4) is 0 Å². The molecule has 1 aliphatic heterocycles. The van der Waals surface area contributed by atoms with Crippen LogP contribution in [0.15, 0.2) is 74.5 Å².